The van der Waals surface area contributed by atoms with Crippen LogP contribution in [0.15, 0.2) is 34.6 Å². The van der Waals surface area contributed by atoms with Gasteiger partial charge in [0, 0.05) is 6.21 Å². The van der Waals surface area contributed by atoms with Crippen molar-refractivity contribution in [1.29, 1.82) is 0 Å². The normalized spacial score (nSPS) is 13.1. The highest BCUT2D eigenvalue weighted by Gasteiger charge is 2.13. The van der Waals surface area contributed by atoms with Gasteiger partial charge in [-0.25, -0.2) is 4.79 Å². The standard InChI is InChI=1S/C13H9NO4S/c15-13(16)12-9(3-4-19-12)14-6-8-1-2-10-11(5-8)18-7-17-10/h1-6H,7H2,(H,15,16). The number of carboxylic acids is 1. The fraction of sp³-hybridized carbons (Fsp3) is 0.0769. The van der Waals surface area contributed by atoms with E-state index in [1.165, 1.54) is 0 Å². The summed E-state index contributed by atoms with van der Waals surface area (Å²) in [4.78, 5) is 15.4. The Morgan fingerprint density at radius 2 is 2.16 bits per heavy atom. The maximum Gasteiger partial charge on any atom is 0.348 e. The smallest absolute Gasteiger partial charge is 0.348 e. The van der Waals surface area contributed by atoms with Gasteiger partial charge < -0.3 is 14.6 Å². The number of carboxylic acid groups (broad SMARTS) is 1. The third-order valence-electron chi connectivity index (χ3n) is 2.59. The van der Waals surface area contributed by atoms with Gasteiger partial charge in [0.05, 0.1) is 5.69 Å². The van der Waals surface area contributed by atoms with Gasteiger partial charge in [-0.15, -0.1) is 11.3 Å². The van der Waals surface area contributed by atoms with Crippen LogP contribution in [0.1, 0.15) is 15.2 Å². The van der Waals surface area contributed by atoms with Crippen molar-refractivity contribution in [3.05, 3.63) is 40.1 Å². The fourth-order valence-electron chi connectivity index (χ4n) is 1.70. The highest BCUT2D eigenvalue weighted by Crippen LogP contribution is 2.32. The lowest BCUT2D eigenvalue weighted by Gasteiger charge is -1.97. The van der Waals surface area contributed by atoms with Gasteiger partial charge in [0.2, 0.25) is 6.79 Å². The number of hydrogen-bond acceptors (Lipinski definition) is 5. The number of aliphatic imine (C=N–C) groups is 1. The Hall–Kier alpha value is -2.34. The lowest BCUT2D eigenvalue weighted by Crippen LogP contribution is -1.93. The molecular formula is C13H9NO4S. The molecule has 0 radical (unpaired) electrons. The molecule has 0 atom stereocenters. The van der Waals surface area contributed by atoms with E-state index in [1.54, 1.807) is 29.8 Å². The molecule has 1 N–H and O–H groups in total. The summed E-state index contributed by atoms with van der Waals surface area (Å²) >= 11 is 1.15. The maximum atomic E-state index is 10.9. The zero-order chi connectivity index (χ0) is 13.2. The Morgan fingerprint density at radius 3 is 3.00 bits per heavy atom. The first kappa shape index (κ1) is 11.7. The molecule has 0 unspecified atom stereocenters. The molecule has 1 aromatic carbocycles. The van der Waals surface area contributed by atoms with Crippen LogP contribution in [-0.4, -0.2) is 24.1 Å². The van der Waals surface area contributed by atoms with Crippen molar-refractivity contribution in [1.82, 2.24) is 0 Å². The maximum absolute atomic E-state index is 10.9. The summed E-state index contributed by atoms with van der Waals surface area (Å²) in [6.07, 6.45) is 1.61. The third kappa shape index (κ3) is 2.30. The number of nitrogens with zero attached hydrogens (tertiary/aromatic N) is 1. The molecule has 0 amide bonds. The third-order valence-corrected chi connectivity index (χ3v) is 3.48. The summed E-state index contributed by atoms with van der Waals surface area (Å²) < 4.78 is 10.5. The molecule has 6 heteroatoms. The summed E-state index contributed by atoms with van der Waals surface area (Å²) in [6.45, 7) is 0.226. The van der Waals surface area contributed by atoms with Gasteiger partial charge in [-0.2, -0.15) is 0 Å². The molecule has 1 aliphatic rings. The molecule has 19 heavy (non-hydrogen) atoms. The number of fused-ring (bicyclic) bond motifs is 1. The Kier molecular flexibility index (Phi) is 2.92. The van der Waals surface area contributed by atoms with Gasteiger partial charge in [0.25, 0.3) is 0 Å². The SMILES string of the molecule is O=C(O)c1sccc1N=Cc1ccc2c(c1)OCO2. The van der Waals surface area contributed by atoms with E-state index in [2.05, 4.69) is 4.99 Å². The Bertz CT molecular complexity index is 662. The molecule has 0 aliphatic carbocycles. The van der Waals surface area contributed by atoms with Gasteiger partial charge >= 0.3 is 5.97 Å². The second-order valence-electron chi connectivity index (χ2n) is 3.81. The number of benzene rings is 1. The quantitative estimate of drug-likeness (QED) is 0.874. The second kappa shape index (κ2) is 4.74. The van der Waals surface area contributed by atoms with E-state index >= 15 is 0 Å². The highest BCUT2D eigenvalue weighted by molar-refractivity contribution is 7.12. The summed E-state index contributed by atoms with van der Waals surface area (Å²) in [7, 11) is 0. The first-order chi connectivity index (χ1) is 9.24. The number of aromatic carboxylic acids is 1. The number of hydrogen-bond donors (Lipinski definition) is 1. The van der Waals surface area contributed by atoms with Crippen LogP contribution in [-0.2, 0) is 0 Å². The molecule has 1 aliphatic heterocycles. The van der Waals surface area contributed by atoms with E-state index in [1.807, 2.05) is 6.07 Å². The van der Waals surface area contributed by atoms with Crippen molar-refractivity contribution in [3.63, 3.8) is 0 Å². The lowest BCUT2D eigenvalue weighted by molar-refractivity contribution is 0.0703. The van der Waals surface area contributed by atoms with Crippen LogP contribution in [0, 0.1) is 0 Å². The van der Waals surface area contributed by atoms with Crippen molar-refractivity contribution in [2.24, 2.45) is 4.99 Å². The highest BCUT2D eigenvalue weighted by atomic mass is 32.1. The summed E-state index contributed by atoms with van der Waals surface area (Å²) in [6, 6.07) is 7.12. The molecule has 96 valence electrons. The van der Waals surface area contributed by atoms with Crippen LogP contribution < -0.4 is 9.47 Å². The second-order valence-corrected chi connectivity index (χ2v) is 4.73. The molecule has 0 fully saturated rings. The van der Waals surface area contributed by atoms with Crippen molar-refractivity contribution in [2.75, 3.05) is 6.79 Å². The predicted molar refractivity (Wildman–Crippen MR) is 71.1 cm³/mol. The minimum Gasteiger partial charge on any atom is -0.477 e. The number of ether oxygens (including phenoxy) is 2. The van der Waals surface area contributed by atoms with E-state index in [4.69, 9.17) is 14.6 Å². The van der Waals surface area contributed by atoms with Crippen LogP contribution in [0.3, 0.4) is 0 Å². The van der Waals surface area contributed by atoms with Crippen LogP contribution in [0.4, 0.5) is 5.69 Å². The average molecular weight is 275 g/mol. The first-order valence-corrected chi connectivity index (χ1v) is 6.36. The Balaban J connectivity index is 1.86. The molecule has 0 saturated carbocycles. The molecule has 3 rings (SSSR count). The van der Waals surface area contributed by atoms with Crippen molar-refractivity contribution in [3.8, 4) is 11.5 Å². The minimum absolute atomic E-state index is 0.226. The van der Waals surface area contributed by atoms with E-state index in [-0.39, 0.29) is 11.7 Å². The largest absolute Gasteiger partial charge is 0.477 e. The number of thiophene rings is 1. The summed E-state index contributed by atoms with van der Waals surface area (Å²) in [5.41, 5.74) is 1.28. The Morgan fingerprint density at radius 1 is 1.32 bits per heavy atom. The zero-order valence-electron chi connectivity index (χ0n) is 9.70. The van der Waals surface area contributed by atoms with E-state index in [0.29, 0.717) is 17.2 Å². The molecule has 0 saturated heterocycles. The molecule has 5 nitrogen and oxygen atoms in total. The van der Waals surface area contributed by atoms with Crippen molar-refractivity contribution in [2.45, 2.75) is 0 Å². The topological polar surface area (TPSA) is 68.1 Å². The van der Waals surface area contributed by atoms with Crippen LogP contribution >= 0.6 is 11.3 Å². The van der Waals surface area contributed by atoms with Crippen molar-refractivity contribution < 1.29 is 19.4 Å². The van der Waals surface area contributed by atoms with Crippen LogP contribution in [0.25, 0.3) is 0 Å². The average Bonchev–Trinajstić information content (AvgIpc) is 3.04. The van der Waals surface area contributed by atoms with Crippen LogP contribution in [0.2, 0.25) is 0 Å². The number of rotatable bonds is 3. The lowest BCUT2D eigenvalue weighted by atomic mass is 10.2. The molecule has 0 spiro atoms. The molecule has 0 bridgehead atoms. The molecule has 2 heterocycles. The number of carbonyl (C=O) groups is 1. The fourth-order valence-corrected chi connectivity index (χ4v) is 2.38. The minimum atomic E-state index is -0.965. The summed E-state index contributed by atoms with van der Waals surface area (Å²) in [5.74, 6) is 0.416. The zero-order valence-corrected chi connectivity index (χ0v) is 10.5. The molecule has 2 aromatic rings. The first-order valence-electron chi connectivity index (χ1n) is 5.48. The van der Waals surface area contributed by atoms with Gasteiger partial charge in [-0.05, 0) is 35.2 Å². The van der Waals surface area contributed by atoms with Gasteiger partial charge in [0.15, 0.2) is 11.5 Å². The Labute approximate surface area is 112 Å². The van der Waals surface area contributed by atoms with Gasteiger partial charge in [0.1, 0.15) is 4.88 Å². The summed E-state index contributed by atoms with van der Waals surface area (Å²) in [5, 5.41) is 10.7. The van der Waals surface area contributed by atoms with Crippen LogP contribution in [0.5, 0.6) is 11.5 Å². The van der Waals surface area contributed by atoms with E-state index in [0.717, 1.165) is 16.9 Å². The predicted octanol–water partition coefficient (Wildman–Crippen LogP) is 2.93. The monoisotopic (exact) mass is 275 g/mol. The van der Waals surface area contributed by atoms with Gasteiger partial charge in [-0.1, -0.05) is 0 Å². The molecular weight excluding hydrogens is 266 g/mol. The van der Waals surface area contributed by atoms with Crippen molar-refractivity contribution >= 4 is 29.2 Å². The van der Waals surface area contributed by atoms with E-state index < -0.39 is 5.97 Å². The van der Waals surface area contributed by atoms with E-state index in [9.17, 15) is 4.79 Å². The van der Waals surface area contributed by atoms with Gasteiger partial charge in [-0.3, -0.25) is 4.99 Å². The molecule has 1 aromatic heterocycles.